The predicted molar refractivity (Wildman–Crippen MR) is 70.9 cm³/mol. The first-order valence-corrected chi connectivity index (χ1v) is 6.68. The number of hydrogen-bond acceptors (Lipinski definition) is 2. The Balaban J connectivity index is 1.93. The highest BCUT2D eigenvalue weighted by Crippen LogP contribution is 2.26. The van der Waals surface area contributed by atoms with Gasteiger partial charge in [0, 0.05) is 19.5 Å². The minimum atomic E-state index is -4.17. The van der Waals surface area contributed by atoms with Gasteiger partial charge in [-0.3, -0.25) is 4.79 Å². The standard InChI is InChI=1S/C14H17F3N2O/c15-14(16,17)7-3-9-19-13(20)11-6-1-4-10-5-2-8-18-12(10)11/h1,4,6,18H,2-3,5,7-9H2,(H,19,20). The van der Waals surface area contributed by atoms with E-state index in [0.29, 0.717) is 5.56 Å². The van der Waals surface area contributed by atoms with Crippen LogP contribution in [0.2, 0.25) is 0 Å². The molecule has 0 saturated carbocycles. The van der Waals surface area contributed by atoms with Crippen LogP contribution in [0.4, 0.5) is 18.9 Å². The smallest absolute Gasteiger partial charge is 0.384 e. The number of benzene rings is 1. The first-order valence-electron chi connectivity index (χ1n) is 6.68. The maximum Gasteiger partial charge on any atom is 0.389 e. The lowest BCUT2D eigenvalue weighted by Crippen LogP contribution is -2.27. The molecule has 0 fully saturated rings. The molecule has 3 nitrogen and oxygen atoms in total. The molecular formula is C14H17F3N2O. The number of fused-ring (bicyclic) bond motifs is 1. The molecule has 0 saturated heterocycles. The highest BCUT2D eigenvalue weighted by atomic mass is 19.4. The van der Waals surface area contributed by atoms with Crippen LogP contribution in [-0.4, -0.2) is 25.2 Å². The number of nitrogens with one attached hydrogen (secondary N) is 2. The zero-order valence-corrected chi connectivity index (χ0v) is 11.0. The molecule has 1 aliphatic heterocycles. The predicted octanol–water partition coefficient (Wildman–Crippen LogP) is 3.12. The van der Waals surface area contributed by atoms with Gasteiger partial charge in [-0.1, -0.05) is 12.1 Å². The van der Waals surface area contributed by atoms with Crippen LogP contribution in [-0.2, 0) is 6.42 Å². The average molecular weight is 286 g/mol. The van der Waals surface area contributed by atoms with Crippen LogP contribution < -0.4 is 10.6 Å². The number of rotatable bonds is 4. The van der Waals surface area contributed by atoms with Gasteiger partial charge in [0.05, 0.1) is 11.3 Å². The van der Waals surface area contributed by atoms with Gasteiger partial charge in [-0.2, -0.15) is 13.2 Å². The van der Waals surface area contributed by atoms with E-state index in [1.54, 1.807) is 12.1 Å². The van der Waals surface area contributed by atoms with E-state index < -0.39 is 12.6 Å². The lowest BCUT2D eigenvalue weighted by Gasteiger charge is -2.20. The summed E-state index contributed by atoms with van der Waals surface area (Å²) in [6.45, 7) is 0.841. The molecule has 110 valence electrons. The van der Waals surface area contributed by atoms with Gasteiger partial charge in [-0.25, -0.2) is 0 Å². The topological polar surface area (TPSA) is 41.1 Å². The fraction of sp³-hybridized carbons (Fsp3) is 0.500. The molecule has 1 aliphatic rings. The van der Waals surface area contributed by atoms with E-state index in [0.717, 1.165) is 30.6 Å². The number of para-hydroxylation sites is 1. The second kappa shape index (κ2) is 6.15. The lowest BCUT2D eigenvalue weighted by atomic mass is 9.99. The molecule has 20 heavy (non-hydrogen) atoms. The number of aryl methyl sites for hydroxylation is 1. The minimum Gasteiger partial charge on any atom is -0.384 e. The molecule has 1 aromatic carbocycles. The fourth-order valence-electron chi connectivity index (χ4n) is 2.28. The van der Waals surface area contributed by atoms with Crippen molar-refractivity contribution < 1.29 is 18.0 Å². The van der Waals surface area contributed by atoms with Crippen LogP contribution in [0.1, 0.15) is 35.2 Å². The van der Waals surface area contributed by atoms with Crippen LogP contribution in [0.5, 0.6) is 0 Å². The van der Waals surface area contributed by atoms with Crippen molar-refractivity contribution in [2.45, 2.75) is 31.9 Å². The van der Waals surface area contributed by atoms with Gasteiger partial charge in [0.2, 0.25) is 0 Å². The number of hydrogen-bond donors (Lipinski definition) is 2. The molecular weight excluding hydrogens is 269 g/mol. The maximum absolute atomic E-state index is 12.0. The van der Waals surface area contributed by atoms with E-state index in [1.165, 1.54) is 0 Å². The number of alkyl halides is 3. The molecule has 6 heteroatoms. The van der Waals surface area contributed by atoms with Crippen molar-refractivity contribution in [1.29, 1.82) is 0 Å². The summed E-state index contributed by atoms with van der Waals surface area (Å²) in [4.78, 5) is 12.0. The number of halogens is 3. The number of anilines is 1. The second-order valence-electron chi connectivity index (χ2n) is 4.84. The Labute approximate surface area is 115 Å². The largest absolute Gasteiger partial charge is 0.389 e. The quantitative estimate of drug-likeness (QED) is 0.835. The van der Waals surface area contributed by atoms with Crippen LogP contribution in [0.25, 0.3) is 0 Å². The second-order valence-corrected chi connectivity index (χ2v) is 4.84. The van der Waals surface area contributed by atoms with Crippen molar-refractivity contribution >= 4 is 11.6 Å². The van der Waals surface area contributed by atoms with Gasteiger partial charge in [-0.15, -0.1) is 0 Å². The van der Waals surface area contributed by atoms with Crippen molar-refractivity contribution in [2.24, 2.45) is 0 Å². The fourth-order valence-corrected chi connectivity index (χ4v) is 2.28. The molecule has 2 rings (SSSR count). The van der Waals surface area contributed by atoms with Gasteiger partial charge >= 0.3 is 6.18 Å². The maximum atomic E-state index is 12.0. The zero-order valence-electron chi connectivity index (χ0n) is 11.0. The third kappa shape index (κ3) is 3.88. The molecule has 2 N–H and O–H groups in total. The van der Waals surface area contributed by atoms with Gasteiger partial charge < -0.3 is 10.6 Å². The summed E-state index contributed by atoms with van der Waals surface area (Å²) >= 11 is 0. The summed E-state index contributed by atoms with van der Waals surface area (Å²) in [5.41, 5.74) is 2.40. The molecule has 1 heterocycles. The van der Waals surface area contributed by atoms with E-state index in [-0.39, 0.29) is 18.9 Å². The molecule has 0 spiro atoms. The monoisotopic (exact) mass is 286 g/mol. The van der Waals surface area contributed by atoms with Gasteiger partial charge in [0.1, 0.15) is 0 Å². The lowest BCUT2D eigenvalue weighted by molar-refractivity contribution is -0.135. The van der Waals surface area contributed by atoms with Gasteiger partial charge in [0.25, 0.3) is 5.91 Å². The van der Waals surface area contributed by atoms with Crippen molar-refractivity contribution in [3.05, 3.63) is 29.3 Å². The third-order valence-electron chi connectivity index (χ3n) is 3.24. The third-order valence-corrected chi connectivity index (χ3v) is 3.24. The van der Waals surface area contributed by atoms with Gasteiger partial charge in [0.15, 0.2) is 0 Å². The first kappa shape index (κ1) is 14.7. The molecule has 1 aromatic rings. The van der Waals surface area contributed by atoms with Crippen LogP contribution in [0.3, 0.4) is 0 Å². The summed E-state index contributed by atoms with van der Waals surface area (Å²) in [5.74, 6) is -0.321. The summed E-state index contributed by atoms with van der Waals surface area (Å²) in [6, 6.07) is 5.45. The first-order chi connectivity index (χ1) is 9.47. The zero-order chi connectivity index (χ0) is 14.6. The van der Waals surface area contributed by atoms with Crippen LogP contribution in [0, 0.1) is 0 Å². The molecule has 0 aliphatic carbocycles. The Morgan fingerprint density at radius 3 is 2.90 bits per heavy atom. The number of carbonyl (C=O) groups is 1. The number of carbonyl (C=O) groups excluding carboxylic acids is 1. The summed E-state index contributed by atoms with van der Waals surface area (Å²) in [6.07, 6.45) is -3.21. The summed E-state index contributed by atoms with van der Waals surface area (Å²) < 4.78 is 36.0. The van der Waals surface area contributed by atoms with E-state index in [2.05, 4.69) is 10.6 Å². The molecule has 1 amide bonds. The Morgan fingerprint density at radius 1 is 1.35 bits per heavy atom. The minimum absolute atomic E-state index is 0.0298. The Bertz CT molecular complexity index is 486. The normalized spacial score (nSPS) is 14.3. The average Bonchev–Trinajstić information content (AvgIpc) is 2.41. The summed E-state index contributed by atoms with van der Waals surface area (Å²) in [7, 11) is 0. The van der Waals surface area contributed by atoms with E-state index >= 15 is 0 Å². The Kier molecular flexibility index (Phi) is 4.52. The summed E-state index contributed by atoms with van der Waals surface area (Å²) in [5, 5.41) is 5.73. The van der Waals surface area contributed by atoms with Crippen molar-refractivity contribution in [3.63, 3.8) is 0 Å². The number of amides is 1. The molecule has 0 aromatic heterocycles. The highest BCUT2D eigenvalue weighted by Gasteiger charge is 2.26. The van der Waals surface area contributed by atoms with Crippen molar-refractivity contribution in [3.8, 4) is 0 Å². The van der Waals surface area contributed by atoms with Crippen LogP contribution >= 0.6 is 0 Å². The van der Waals surface area contributed by atoms with Crippen LogP contribution in [0.15, 0.2) is 18.2 Å². The molecule has 0 unspecified atom stereocenters. The Morgan fingerprint density at radius 2 is 2.15 bits per heavy atom. The van der Waals surface area contributed by atoms with E-state index in [9.17, 15) is 18.0 Å². The highest BCUT2D eigenvalue weighted by molar-refractivity contribution is 6.00. The molecule has 0 atom stereocenters. The van der Waals surface area contributed by atoms with E-state index in [1.807, 2.05) is 6.07 Å². The van der Waals surface area contributed by atoms with E-state index in [4.69, 9.17) is 0 Å². The van der Waals surface area contributed by atoms with Crippen molar-refractivity contribution in [2.75, 3.05) is 18.4 Å². The Hall–Kier alpha value is -1.72. The van der Waals surface area contributed by atoms with Crippen molar-refractivity contribution in [1.82, 2.24) is 5.32 Å². The van der Waals surface area contributed by atoms with Gasteiger partial charge in [-0.05, 0) is 30.9 Å². The molecule has 0 radical (unpaired) electrons. The SMILES string of the molecule is O=C(NCCCC(F)(F)F)c1cccc2c1NCCC2. The molecule has 0 bridgehead atoms.